The zero-order valence-electron chi connectivity index (χ0n) is 16.0. The maximum absolute atomic E-state index is 12.9. The number of carbonyl (C=O) groups excluding carboxylic acids is 2. The maximum atomic E-state index is 12.9. The SMILES string of the molecule is O=C(Nc1cccc(C(=O)O)c1)/C(=C/c1ccc2c(c1)OCO2)NC(=O)c1ccco1. The lowest BCUT2D eigenvalue weighted by atomic mass is 10.1. The fourth-order valence-corrected chi connectivity index (χ4v) is 2.85. The highest BCUT2D eigenvalue weighted by Gasteiger charge is 2.18. The molecule has 3 N–H and O–H groups in total. The van der Waals surface area contributed by atoms with E-state index < -0.39 is 17.8 Å². The molecule has 0 bridgehead atoms. The third-order valence-electron chi connectivity index (χ3n) is 4.31. The van der Waals surface area contributed by atoms with E-state index >= 15 is 0 Å². The first-order valence-electron chi connectivity index (χ1n) is 9.10. The van der Waals surface area contributed by atoms with Gasteiger partial charge in [-0.25, -0.2) is 4.79 Å². The topological polar surface area (TPSA) is 127 Å². The standard InChI is InChI=1S/C22H16N2O7/c25-20(23-15-4-1-3-14(11-15)22(27)28)16(24-21(26)18-5-2-8-29-18)9-13-6-7-17-19(10-13)31-12-30-17/h1-11H,12H2,(H,23,25)(H,24,26)(H,27,28)/b16-9-. The molecule has 2 amide bonds. The van der Waals surface area contributed by atoms with Crippen molar-refractivity contribution in [3.05, 3.63) is 83.4 Å². The Morgan fingerprint density at radius 3 is 2.58 bits per heavy atom. The molecule has 0 unspecified atom stereocenters. The van der Waals surface area contributed by atoms with E-state index in [0.717, 1.165) is 0 Å². The van der Waals surface area contributed by atoms with Crippen LogP contribution in [0.2, 0.25) is 0 Å². The zero-order chi connectivity index (χ0) is 21.8. The Hall–Kier alpha value is -4.53. The minimum absolute atomic E-state index is 0.0127. The van der Waals surface area contributed by atoms with Crippen molar-refractivity contribution in [3.8, 4) is 11.5 Å². The molecule has 3 aromatic rings. The lowest BCUT2D eigenvalue weighted by Crippen LogP contribution is -2.30. The van der Waals surface area contributed by atoms with Gasteiger partial charge in [-0.1, -0.05) is 12.1 Å². The Balaban J connectivity index is 1.62. The van der Waals surface area contributed by atoms with Crippen molar-refractivity contribution in [2.75, 3.05) is 12.1 Å². The number of anilines is 1. The molecule has 1 aromatic heterocycles. The number of benzene rings is 2. The number of carboxylic acids is 1. The normalized spacial score (nSPS) is 12.3. The van der Waals surface area contributed by atoms with Gasteiger partial charge in [-0.05, 0) is 54.1 Å². The molecule has 0 radical (unpaired) electrons. The average molecular weight is 420 g/mol. The van der Waals surface area contributed by atoms with Gasteiger partial charge in [0.15, 0.2) is 17.3 Å². The van der Waals surface area contributed by atoms with E-state index in [1.807, 2.05) is 0 Å². The number of hydrogen-bond donors (Lipinski definition) is 3. The number of fused-ring (bicyclic) bond motifs is 1. The summed E-state index contributed by atoms with van der Waals surface area (Å²) in [6.07, 6.45) is 2.80. The number of hydrogen-bond acceptors (Lipinski definition) is 6. The number of rotatable bonds is 6. The van der Waals surface area contributed by atoms with Gasteiger partial charge in [0, 0.05) is 5.69 Å². The highest BCUT2D eigenvalue weighted by Crippen LogP contribution is 2.33. The Morgan fingerprint density at radius 1 is 0.968 bits per heavy atom. The molecule has 1 aliphatic heterocycles. The van der Waals surface area contributed by atoms with E-state index in [-0.39, 0.29) is 29.5 Å². The van der Waals surface area contributed by atoms with Gasteiger partial charge < -0.3 is 29.6 Å². The molecule has 0 atom stereocenters. The summed E-state index contributed by atoms with van der Waals surface area (Å²) in [7, 11) is 0. The minimum Gasteiger partial charge on any atom is -0.478 e. The lowest BCUT2D eigenvalue weighted by molar-refractivity contribution is -0.113. The smallest absolute Gasteiger partial charge is 0.335 e. The van der Waals surface area contributed by atoms with E-state index in [0.29, 0.717) is 17.1 Å². The van der Waals surface area contributed by atoms with Crippen LogP contribution in [0.3, 0.4) is 0 Å². The van der Waals surface area contributed by atoms with Crippen molar-refractivity contribution in [2.45, 2.75) is 0 Å². The van der Waals surface area contributed by atoms with Gasteiger partial charge in [-0.15, -0.1) is 0 Å². The second kappa shape index (κ2) is 8.46. The molecule has 156 valence electrons. The van der Waals surface area contributed by atoms with E-state index in [9.17, 15) is 14.4 Å². The Bertz CT molecular complexity index is 1180. The van der Waals surface area contributed by atoms with Crippen LogP contribution >= 0.6 is 0 Å². The third kappa shape index (κ3) is 4.56. The molecule has 9 heteroatoms. The van der Waals surface area contributed by atoms with Gasteiger partial charge in [-0.2, -0.15) is 0 Å². The third-order valence-corrected chi connectivity index (χ3v) is 4.31. The van der Waals surface area contributed by atoms with Crippen molar-refractivity contribution in [1.82, 2.24) is 5.32 Å². The second-order valence-electron chi connectivity index (χ2n) is 6.44. The van der Waals surface area contributed by atoms with Crippen LogP contribution in [-0.2, 0) is 4.79 Å². The Labute approximate surface area is 175 Å². The van der Waals surface area contributed by atoms with Crippen molar-refractivity contribution in [2.24, 2.45) is 0 Å². The van der Waals surface area contributed by atoms with E-state index in [2.05, 4.69) is 10.6 Å². The summed E-state index contributed by atoms with van der Waals surface area (Å²) in [5.41, 5.74) is 0.766. The first kappa shape index (κ1) is 19.8. The van der Waals surface area contributed by atoms with Gasteiger partial charge in [-0.3, -0.25) is 9.59 Å². The Kier molecular flexibility index (Phi) is 5.39. The number of aromatic carboxylic acids is 1. The largest absolute Gasteiger partial charge is 0.478 e. The number of furan rings is 1. The van der Waals surface area contributed by atoms with Gasteiger partial charge >= 0.3 is 5.97 Å². The van der Waals surface area contributed by atoms with Crippen LogP contribution in [0.1, 0.15) is 26.5 Å². The van der Waals surface area contributed by atoms with Crippen LogP contribution in [0.4, 0.5) is 5.69 Å². The van der Waals surface area contributed by atoms with Crippen LogP contribution in [0.25, 0.3) is 6.08 Å². The predicted octanol–water partition coefficient (Wildman–Crippen LogP) is 3.12. The van der Waals surface area contributed by atoms with Gasteiger partial charge in [0.05, 0.1) is 11.8 Å². The fraction of sp³-hybridized carbons (Fsp3) is 0.0455. The molecule has 9 nitrogen and oxygen atoms in total. The molecular formula is C22H16N2O7. The highest BCUT2D eigenvalue weighted by atomic mass is 16.7. The first-order chi connectivity index (χ1) is 15.0. The van der Waals surface area contributed by atoms with Crippen LogP contribution < -0.4 is 20.1 Å². The summed E-state index contributed by atoms with van der Waals surface area (Å²) in [4.78, 5) is 36.5. The molecule has 0 saturated carbocycles. The summed E-state index contributed by atoms with van der Waals surface area (Å²) in [5.74, 6) is -1.28. The van der Waals surface area contributed by atoms with Crippen molar-refractivity contribution < 1.29 is 33.4 Å². The number of nitrogens with one attached hydrogen (secondary N) is 2. The summed E-state index contributed by atoms with van der Waals surface area (Å²) >= 11 is 0. The van der Waals surface area contributed by atoms with Crippen LogP contribution in [0.15, 0.2) is 71.0 Å². The number of carbonyl (C=O) groups is 3. The van der Waals surface area contributed by atoms with Crippen LogP contribution in [0, 0.1) is 0 Å². The summed E-state index contributed by atoms with van der Waals surface area (Å²) in [6.45, 7) is 0.102. The molecule has 2 heterocycles. The van der Waals surface area contributed by atoms with Crippen molar-refractivity contribution >= 4 is 29.5 Å². The average Bonchev–Trinajstić information content (AvgIpc) is 3.45. The highest BCUT2D eigenvalue weighted by molar-refractivity contribution is 6.10. The van der Waals surface area contributed by atoms with Gasteiger partial charge in [0.25, 0.3) is 11.8 Å². The molecular weight excluding hydrogens is 404 g/mol. The van der Waals surface area contributed by atoms with Gasteiger partial charge in [0.2, 0.25) is 6.79 Å². The second-order valence-corrected chi connectivity index (χ2v) is 6.44. The predicted molar refractivity (Wildman–Crippen MR) is 109 cm³/mol. The molecule has 2 aromatic carbocycles. The minimum atomic E-state index is -1.13. The molecule has 0 saturated heterocycles. The number of ether oxygens (including phenoxy) is 2. The summed E-state index contributed by atoms with van der Waals surface area (Å²) in [5, 5.41) is 14.2. The van der Waals surface area contributed by atoms with E-state index in [4.69, 9.17) is 19.0 Å². The molecule has 31 heavy (non-hydrogen) atoms. The summed E-state index contributed by atoms with van der Waals surface area (Å²) in [6, 6.07) is 13.8. The molecule has 1 aliphatic rings. The van der Waals surface area contributed by atoms with E-state index in [1.54, 1.807) is 24.3 Å². The van der Waals surface area contributed by atoms with Crippen LogP contribution in [-0.4, -0.2) is 29.7 Å². The fourth-order valence-electron chi connectivity index (χ4n) is 2.85. The summed E-state index contributed by atoms with van der Waals surface area (Å²) < 4.78 is 15.7. The van der Waals surface area contributed by atoms with Crippen LogP contribution in [0.5, 0.6) is 11.5 Å². The quantitative estimate of drug-likeness (QED) is 0.523. The molecule has 0 fully saturated rings. The lowest BCUT2D eigenvalue weighted by Gasteiger charge is -2.11. The van der Waals surface area contributed by atoms with Crippen molar-refractivity contribution in [1.29, 1.82) is 0 Å². The van der Waals surface area contributed by atoms with Crippen molar-refractivity contribution in [3.63, 3.8) is 0 Å². The number of carboxylic acid groups (broad SMARTS) is 1. The molecule has 4 rings (SSSR count). The monoisotopic (exact) mass is 420 g/mol. The maximum Gasteiger partial charge on any atom is 0.335 e. The molecule has 0 aliphatic carbocycles. The molecule has 0 spiro atoms. The first-order valence-corrected chi connectivity index (χ1v) is 9.10. The Morgan fingerprint density at radius 2 is 1.81 bits per heavy atom. The van der Waals surface area contributed by atoms with Gasteiger partial charge in [0.1, 0.15) is 5.70 Å². The zero-order valence-corrected chi connectivity index (χ0v) is 16.0. The van der Waals surface area contributed by atoms with E-state index in [1.165, 1.54) is 42.7 Å². The number of amides is 2.